The van der Waals surface area contributed by atoms with Gasteiger partial charge in [-0.1, -0.05) is 124 Å². The van der Waals surface area contributed by atoms with E-state index in [0.29, 0.717) is 12.2 Å². The lowest BCUT2D eigenvalue weighted by Crippen LogP contribution is -2.38. The first-order chi connectivity index (χ1) is 26.7. The van der Waals surface area contributed by atoms with Gasteiger partial charge in [0, 0.05) is 41.3 Å². The Kier molecular flexibility index (Phi) is 9.67. The summed E-state index contributed by atoms with van der Waals surface area (Å²) in [6.45, 7) is 6.48. The number of pyridine rings is 1. The Balaban J connectivity index is 1.38. The van der Waals surface area contributed by atoms with E-state index in [0.717, 1.165) is 55.3 Å². The molecule has 4 aromatic carbocycles. The number of nitrogens with zero attached hydrogens (tertiary/aromatic N) is 5. The van der Waals surface area contributed by atoms with Crippen molar-refractivity contribution in [1.82, 2.24) is 19.2 Å². The Bertz CT molecular complexity index is 2470. The second-order valence-electron chi connectivity index (χ2n) is 14.7. The fourth-order valence-corrected chi connectivity index (χ4v) is 8.89. The quantitative estimate of drug-likeness (QED) is 0.111. The lowest BCUT2D eigenvalue weighted by atomic mass is 9.77. The van der Waals surface area contributed by atoms with Gasteiger partial charge in [0.05, 0.1) is 21.0 Å². The Labute approximate surface area is 329 Å². The molecule has 0 spiro atoms. The summed E-state index contributed by atoms with van der Waals surface area (Å²) in [6, 6.07) is 47.8. The van der Waals surface area contributed by atoms with Gasteiger partial charge in [-0.15, -0.1) is 23.1 Å². The molecule has 4 heterocycles. The van der Waals surface area contributed by atoms with E-state index >= 15 is 0 Å². The van der Waals surface area contributed by atoms with E-state index in [-0.39, 0.29) is 5.41 Å². The van der Waals surface area contributed by atoms with Gasteiger partial charge in [-0.05, 0) is 64.8 Å². The first-order valence-corrected chi connectivity index (χ1v) is 20.2. The molecule has 8 rings (SSSR count). The predicted molar refractivity (Wildman–Crippen MR) is 226 cm³/mol. The summed E-state index contributed by atoms with van der Waals surface area (Å²) in [4.78, 5) is 19.8. The van der Waals surface area contributed by atoms with Crippen molar-refractivity contribution in [1.29, 1.82) is 0 Å². The highest BCUT2D eigenvalue weighted by Gasteiger charge is 2.40. The van der Waals surface area contributed by atoms with Gasteiger partial charge >= 0.3 is 6.09 Å². The number of anilines is 1. The average molecular weight is 760 g/mol. The maximum atomic E-state index is 12.4. The Morgan fingerprint density at radius 3 is 1.85 bits per heavy atom. The van der Waals surface area contributed by atoms with E-state index in [1.807, 2.05) is 69.4 Å². The van der Waals surface area contributed by atoms with Crippen LogP contribution in [0.5, 0.6) is 0 Å². The van der Waals surface area contributed by atoms with Crippen LogP contribution in [0.25, 0.3) is 38.6 Å². The zero-order chi connectivity index (χ0) is 38.2. The van der Waals surface area contributed by atoms with Gasteiger partial charge in [0.2, 0.25) is 0 Å². The van der Waals surface area contributed by atoms with E-state index in [1.165, 1.54) is 9.11 Å². The Morgan fingerprint density at radius 1 is 0.745 bits per heavy atom. The van der Waals surface area contributed by atoms with E-state index < -0.39 is 11.6 Å². The van der Waals surface area contributed by atoms with Gasteiger partial charge in [-0.3, -0.25) is 14.0 Å². The summed E-state index contributed by atoms with van der Waals surface area (Å²) < 4.78 is 5.51. The van der Waals surface area contributed by atoms with E-state index in [9.17, 15) is 9.90 Å². The van der Waals surface area contributed by atoms with Gasteiger partial charge in [0.25, 0.3) is 0 Å². The number of carboxylic acid groups (broad SMARTS) is 1. The zero-order valence-corrected chi connectivity index (χ0v) is 32.8. The molecule has 274 valence electrons. The molecule has 7 nitrogen and oxygen atoms in total. The standard InChI is InChI=1S/C46H41N5O2S2/c1-45(2,3)31-50(44(52)53)37-23-20-32(21-24-37)43-38(33-22-26-41-47-28-39(49(41)29-33)40-25-27-42(54-4)55-40)30-51(48-43)46(34-14-8-5-9-15-34,35-16-10-6-11-17-35)36-18-12-7-13-19-36/h5-30H,31H2,1-4H3,(H,52,53). The maximum Gasteiger partial charge on any atom is 0.411 e. The fourth-order valence-electron chi connectivity index (χ4n) is 7.34. The van der Waals surface area contributed by atoms with Gasteiger partial charge in [0.15, 0.2) is 0 Å². The number of imidazole rings is 1. The molecule has 8 aromatic rings. The lowest BCUT2D eigenvalue weighted by Gasteiger charge is -2.36. The van der Waals surface area contributed by atoms with Crippen LogP contribution in [0.3, 0.4) is 0 Å². The van der Waals surface area contributed by atoms with Crippen molar-refractivity contribution in [2.45, 2.75) is 30.5 Å². The summed E-state index contributed by atoms with van der Waals surface area (Å²) in [6.07, 6.45) is 7.37. The third-order valence-electron chi connectivity index (χ3n) is 9.80. The van der Waals surface area contributed by atoms with Crippen LogP contribution in [0.15, 0.2) is 162 Å². The first kappa shape index (κ1) is 36.1. The molecular weight excluding hydrogens is 719 g/mol. The minimum absolute atomic E-state index is 0.219. The summed E-state index contributed by atoms with van der Waals surface area (Å²) >= 11 is 3.50. The number of carbonyl (C=O) groups is 1. The molecule has 0 aliphatic carbocycles. The number of rotatable bonds is 10. The SMILES string of the molecule is CSc1ccc(-c2cnc3ccc(-c4cn(C(c5ccccc5)(c5ccccc5)c5ccccc5)nc4-c4ccc(N(CC(C)(C)C)C(=O)O)cc4)cn23)s1. The molecule has 0 saturated carbocycles. The molecule has 0 aliphatic rings. The van der Waals surface area contributed by atoms with Crippen LogP contribution in [0.4, 0.5) is 10.5 Å². The second-order valence-corrected chi connectivity index (χ2v) is 16.9. The molecule has 0 radical (unpaired) electrons. The summed E-state index contributed by atoms with van der Waals surface area (Å²) in [5.41, 5.74) is 8.20. The highest BCUT2D eigenvalue weighted by molar-refractivity contribution is 8.00. The molecule has 55 heavy (non-hydrogen) atoms. The van der Waals surface area contributed by atoms with Crippen molar-refractivity contribution in [2.75, 3.05) is 17.7 Å². The largest absolute Gasteiger partial charge is 0.465 e. The third-order valence-corrected chi connectivity index (χ3v) is 12.0. The number of amides is 1. The fraction of sp³-hybridized carbons (Fsp3) is 0.152. The molecule has 1 N–H and O–H groups in total. The average Bonchev–Trinajstić information content (AvgIpc) is 3.97. The molecule has 0 aliphatic heterocycles. The van der Waals surface area contributed by atoms with Crippen LogP contribution in [0, 0.1) is 5.41 Å². The van der Waals surface area contributed by atoms with Crippen LogP contribution in [0.2, 0.25) is 0 Å². The van der Waals surface area contributed by atoms with Gasteiger partial charge < -0.3 is 5.11 Å². The lowest BCUT2D eigenvalue weighted by molar-refractivity contribution is 0.198. The van der Waals surface area contributed by atoms with E-state index in [1.54, 1.807) is 23.1 Å². The minimum atomic E-state index is -0.981. The summed E-state index contributed by atoms with van der Waals surface area (Å²) in [5.74, 6) is 0. The van der Waals surface area contributed by atoms with Crippen LogP contribution in [-0.4, -0.2) is 43.2 Å². The normalized spacial score (nSPS) is 11.9. The minimum Gasteiger partial charge on any atom is -0.465 e. The van der Waals surface area contributed by atoms with E-state index in [2.05, 4.69) is 125 Å². The molecule has 0 saturated heterocycles. The number of hydrogen-bond acceptors (Lipinski definition) is 5. The highest BCUT2D eigenvalue weighted by atomic mass is 32.2. The number of fused-ring (bicyclic) bond motifs is 1. The van der Waals surface area contributed by atoms with Crippen LogP contribution in [0.1, 0.15) is 37.5 Å². The number of hydrogen-bond donors (Lipinski definition) is 1. The number of thioether (sulfide) groups is 1. The molecular formula is C46H41N5O2S2. The first-order valence-electron chi connectivity index (χ1n) is 18.1. The van der Waals surface area contributed by atoms with Crippen molar-refractivity contribution >= 4 is 40.5 Å². The van der Waals surface area contributed by atoms with Gasteiger partial charge in [0.1, 0.15) is 16.9 Å². The number of benzene rings is 4. The topological polar surface area (TPSA) is 75.7 Å². The third kappa shape index (κ3) is 6.86. The van der Waals surface area contributed by atoms with Crippen molar-refractivity contribution in [2.24, 2.45) is 5.41 Å². The van der Waals surface area contributed by atoms with Crippen molar-refractivity contribution in [3.05, 3.63) is 175 Å². The van der Waals surface area contributed by atoms with Crippen LogP contribution in [-0.2, 0) is 5.54 Å². The molecule has 0 atom stereocenters. The van der Waals surface area contributed by atoms with Crippen LogP contribution < -0.4 is 4.90 Å². The van der Waals surface area contributed by atoms with Gasteiger partial charge in [-0.25, -0.2) is 9.78 Å². The van der Waals surface area contributed by atoms with Gasteiger partial charge in [-0.2, -0.15) is 5.10 Å². The highest BCUT2D eigenvalue weighted by Crippen LogP contribution is 2.44. The number of aromatic nitrogens is 4. The zero-order valence-electron chi connectivity index (χ0n) is 31.1. The van der Waals surface area contributed by atoms with E-state index in [4.69, 9.17) is 10.1 Å². The van der Waals surface area contributed by atoms with Crippen LogP contribution >= 0.6 is 23.1 Å². The Morgan fingerprint density at radius 2 is 1.33 bits per heavy atom. The van der Waals surface area contributed by atoms with Crippen molar-refractivity contribution in [3.8, 4) is 33.0 Å². The Hall–Kier alpha value is -5.90. The molecule has 0 unspecified atom stereocenters. The molecule has 0 bridgehead atoms. The monoisotopic (exact) mass is 759 g/mol. The van der Waals surface area contributed by atoms with Crippen molar-refractivity contribution < 1.29 is 9.90 Å². The molecule has 9 heteroatoms. The molecule has 0 fully saturated rings. The maximum absolute atomic E-state index is 12.4. The van der Waals surface area contributed by atoms with Crippen molar-refractivity contribution in [3.63, 3.8) is 0 Å². The summed E-state index contributed by atoms with van der Waals surface area (Å²) in [5, 5.41) is 15.7. The molecule has 4 aromatic heterocycles. The summed E-state index contributed by atoms with van der Waals surface area (Å²) in [7, 11) is 0. The molecule has 1 amide bonds. The second kappa shape index (κ2) is 14.7. The predicted octanol–water partition coefficient (Wildman–Crippen LogP) is 11.7. The smallest absolute Gasteiger partial charge is 0.411 e. The number of thiophene rings is 1.